The van der Waals surface area contributed by atoms with Gasteiger partial charge in [0, 0.05) is 22.5 Å². The van der Waals surface area contributed by atoms with Crippen LogP contribution in [0.1, 0.15) is 12.0 Å². The number of rotatable bonds is 3. The average molecular weight is 348 g/mol. The Morgan fingerprint density at radius 2 is 2.22 bits per heavy atom. The highest BCUT2D eigenvalue weighted by Gasteiger charge is 2.29. The van der Waals surface area contributed by atoms with Gasteiger partial charge < -0.3 is 10.6 Å². The lowest BCUT2D eigenvalue weighted by Crippen LogP contribution is -2.32. The maximum absolute atomic E-state index is 12.1. The van der Waals surface area contributed by atoms with E-state index < -0.39 is 5.25 Å². The van der Waals surface area contributed by atoms with Crippen molar-refractivity contribution in [2.45, 2.75) is 23.5 Å². The first kappa shape index (κ1) is 15.8. The highest BCUT2D eigenvalue weighted by molar-refractivity contribution is 8.01. The molecule has 0 saturated carbocycles. The van der Waals surface area contributed by atoms with Crippen molar-refractivity contribution in [2.24, 2.45) is 0 Å². The molecule has 3 rings (SSSR count). The summed E-state index contributed by atoms with van der Waals surface area (Å²) in [5.74, 6) is 0.0391. The van der Waals surface area contributed by atoms with Crippen LogP contribution in [0.2, 0.25) is 5.02 Å². The lowest BCUT2D eigenvalue weighted by Gasteiger charge is -2.23. The molecular formula is C16H14ClN3O2S. The lowest BCUT2D eigenvalue weighted by atomic mass is 10.2. The molecule has 1 aliphatic rings. The molecule has 0 fully saturated rings. The van der Waals surface area contributed by atoms with Crippen LogP contribution >= 0.6 is 23.4 Å². The van der Waals surface area contributed by atoms with Crippen LogP contribution in [0.4, 0.5) is 11.5 Å². The number of benzene rings is 1. The van der Waals surface area contributed by atoms with E-state index >= 15 is 0 Å². The Morgan fingerprint density at radius 3 is 2.96 bits per heavy atom. The van der Waals surface area contributed by atoms with Crippen LogP contribution in [0.5, 0.6) is 0 Å². The van der Waals surface area contributed by atoms with E-state index in [9.17, 15) is 9.59 Å². The second kappa shape index (κ2) is 6.60. The molecule has 2 aromatic rings. The van der Waals surface area contributed by atoms with Crippen molar-refractivity contribution in [1.29, 1.82) is 0 Å². The van der Waals surface area contributed by atoms with E-state index in [0.29, 0.717) is 16.5 Å². The number of amides is 2. The number of carbonyl (C=O) groups excluding carboxylic acids is 2. The van der Waals surface area contributed by atoms with Crippen LogP contribution in [-0.2, 0) is 9.59 Å². The number of carbonyl (C=O) groups is 2. The van der Waals surface area contributed by atoms with E-state index in [4.69, 9.17) is 11.6 Å². The molecular weight excluding hydrogens is 334 g/mol. The van der Waals surface area contributed by atoms with E-state index in [2.05, 4.69) is 15.6 Å². The van der Waals surface area contributed by atoms with E-state index in [1.54, 1.807) is 24.4 Å². The Morgan fingerprint density at radius 1 is 1.39 bits per heavy atom. The summed E-state index contributed by atoms with van der Waals surface area (Å²) in [6, 6.07) is 8.91. The first-order valence-corrected chi connectivity index (χ1v) is 8.26. The normalized spacial score (nSPS) is 16.4. The number of hydrogen-bond donors (Lipinski definition) is 2. The molecule has 0 spiro atoms. The van der Waals surface area contributed by atoms with Crippen LogP contribution < -0.4 is 10.6 Å². The fourth-order valence-electron chi connectivity index (χ4n) is 2.16. The van der Waals surface area contributed by atoms with Crippen LogP contribution in [0.25, 0.3) is 0 Å². The summed E-state index contributed by atoms with van der Waals surface area (Å²) in [6.45, 7) is 1.92. The number of aryl methyl sites for hydroxylation is 1. The number of fused-ring (bicyclic) bond motifs is 1. The molecule has 0 unspecified atom stereocenters. The first-order chi connectivity index (χ1) is 11.0. The van der Waals surface area contributed by atoms with E-state index in [-0.39, 0.29) is 18.2 Å². The second-order valence-corrected chi connectivity index (χ2v) is 6.89. The molecule has 5 nitrogen and oxygen atoms in total. The lowest BCUT2D eigenvalue weighted by molar-refractivity contribution is -0.120. The fraction of sp³-hybridized carbons (Fsp3) is 0.188. The number of aromatic nitrogens is 1. The zero-order valence-electron chi connectivity index (χ0n) is 12.3. The molecule has 118 valence electrons. The predicted molar refractivity (Wildman–Crippen MR) is 91.9 cm³/mol. The van der Waals surface area contributed by atoms with E-state index in [1.807, 2.05) is 19.1 Å². The number of nitrogens with zero attached hydrogens (tertiary/aromatic N) is 1. The number of anilines is 2. The number of thioether (sulfide) groups is 1. The standard InChI is InChI=1S/C16H14ClN3O2S/c1-9-2-5-14(18-8-9)20-15(21)7-13-16(22)19-11-6-10(17)3-4-12(11)23-13/h2-6,8,13H,7H2,1H3,(H,19,22)(H,18,20,21)/t13-/m0/s1. The van der Waals surface area contributed by atoms with Gasteiger partial charge in [0.05, 0.1) is 10.9 Å². The van der Waals surface area contributed by atoms with Crippen LogP contribution in [-0.4, -0.2) is 22.0 Å². The van der Waals surface area contributed by atoms with Gasteiger partial charge in [-0.25, -0.2) is 4.98 Å². The Balaban J connectivity index is 1.66. The van der Waals surface area contributed by atoms with Crippen molar-refractivity contribution in [2.75, 3.05) is 10.6 Å². The monoisotopic (exact) mass is 347 g/mol. The molecule has 2 amide bonds. The van der Waals surface area contributed by atoms with Gasteiger partial charge in [-0.3, -0.25) is 9.59 Å². The minimum Gasteiger partial charge on any atom is -0.324 e. The summed E-state index contributed by atoms with van der Waals surface area (Å²) in [5, 5.41) is 5.58. The summed E-state index contributed by atoms with van der Waals surface area (Å²) >= 11 is 7.28. The summed E-state index contributed by atoms with van der Waals surface area (Å²) < 4.78 is 0. The second-order valence-electron chi connectivity index (χ2n) is 5.21. The van der Waals surface area contributed by atoms with Gasteiger partial charge >= 0.3 is 0 Å². The third-order valence-corrected chi connectivity index (χ3v) is 4.82. The Kier molecular flexibility index (Phi) is 4.54. The van der Waals surface area contributed by atoms with Gasteiger partial charge in [-0.2, -0.15) is 0 Å². The van der Waals surface area contributed by atoms with Crippen molar-refractivity contribution in [1.82, 2.24) is 4.98 Å². The van der Waals surface area contributed by atoms with Crippen molar-refractivity contribution in [3.05, 3.63) is 47.1 Å². The van der Waals surface area contributed by atoms with Gasteiger partial charge in [0.1, 0.15) is 5.82 Å². The van der Waals surface area contributed by atoms with Gasteiger partial charge in [0.2, 0.25) is 11.8 Å². The highest BCUT2D eigenvalue weighted by Crippen LogP contribution is 2.38. The summed E-state index contributed by atoms with van der Waals surface area (Å²) in [5.41, 5.74) is 1.70. The van der Waals surface area contributed by atoms with Crippen molar-refractivity contribution in [3.63, 3.8) is 0 Å². The van der Waals surface area contributed by atoms with Crippen molar-refractivity contribution in [3.8, 4) is 0 Å². The Labute approximate surface area is 142 Å². The van der Waals surface area contributed by atoms with Crippen LogP contribution in [0, 0.1) is 6.92 Å². The Bertz CT molecular complexity index is 764. The van der Waals surface area contributed by atoms with Gasteiger partial charge in [0.25, 0.3) is 0 Å². The number of pyridine rings is 1. The molecule has 0 bridgehead atoms. The fourth-order valence-corrected chi connectivity index (χ4v) is 3.42. The van der Waals surface area contributed by atoms with Crippen LogP contribution in [0.3, 0.4) is 0 Å². The largest absolute Gasteiger partial charge is 0.324 e. The summed E-state index contributed by atoms with van der Waals surface area (Å²) in [7, 11) is 0. The van der Waals surface area contributed by atoms with E-state index in [1.165, 1.54) is 11.8 Å². The molecule has 7 heteroatoms. The molecule has 0 aliphatic carbocycles. The van der Waals surface area contributed by atoms with Gasteiger partial charge in [-0.05, 0) is 36.8 Å². The quantitative estimate of drug-likeness (QED) is 0.891. The molecule has 2 heterocycles. The molecule has 1 aromatic carbocycles. The molecule has 0 saturated heterocycles. The molecule has 23 heavy (non-hydrogen) atoms. The third-order valence-electron chi connectivity index (χ3n) is 3.31. The Hall–Kier alpha value is -2.05. The van der Waals surface area contributed by atoms with Crippen molar-refractivity contribution >= 4 is 46.7 Å². The minimum atomic E-state index is -0.478. The topological polar surface area (TPSA) is 71.1 Å². The smallest absolute Gasteiger partial charge is 0.238 e. The number of hydrogen-bond acceptors (Lipinski definition) is 4. The maximum atomic E-state index is 12.1. The maximum Gasteiger partial charge on any atom is 0.238 e. The van der Waals surface area contributed by atoms with Gasteiger partial charge in [-0.15, -0.1) is 11.8 Å². The number of nitrogens with one attached hydrogen (secondary N) is 2. The van der Waals surface area contributed by atoms with Gasteiger partial charge in [-0.1, -0.05) is 17.7 Å². The zero-order chi connectivity index (χ0) is 16.4. The van der Waals surface area contributed by atoms with Crippen molar-refractivity contribution < 1.29 is 9.59 Å². The molecule has 1 atom stereocenters. The molecule has 0 radical (unpaired) electrons. The SMILES string of the molecule is Cc1ccc(NC(=O)C[C@@H]2Sc3ccc(Cl)cc3NC2=O)nc1. The summed E-state index contributed by atoms with van der Waals surface area (Å²) in [6.07, 6.45) is 1.76. The molecule has 1 aliphatic heterocycles. The summed E-state index contributed by atoms with van der Waals surface area (Å²) in [4.78, 5) is 29.3. The van der Waals surface area contributed by atoms with Gasteiger partial charge in [0.15, 0.2) is 0 Å². The third kappa shape index (κ3) is 3.83. The number of halogens is 1. The highest BCUT2D eigenvalue weighted by atomic mass is 35.5. The molecule has 2 N–H and O–H groups in total. The predicted octanol–water partition coefficient (Wildman–Crippen LogP) is 3.49. The molecule has 1 aromatic heterocycles. The average Bonchev–Trinajstić information content (AvgIpc) is 2.50. The van der Waals surface area contributed by atoms with E-state index in [0.717, 1.165) is 10.5 Å². The first-order valence-electron chi connectivity index (χ1n) is 7.01. The zero-order valence-corrected chi connectivity index (χ0v) is 13.9. The minimum absolute atomic E-state index is 0.0775. The van der Waals surface area contributed by atoms with Crippen LogP contribution in [0.15, 0.2) is 41.4 Å².